The number of halogens is 2. The molecule has 1 saturated carbocycles. The van der Waals surface area contributed by atoms with Gasteiger partial charge >= 0.3 is 0 Å². The van der Waals surface area contributed by atoms with Crippen LogP contribution in [-0.4, -0.2) is 42.5 Å². The molecule has 2 nitrogen and oxygen atoms in total. The van der Waals surface area contributed by atoms with Gasteiger partial charge in [0, 0.05) is 12.1 Å². The van der Waals surface area contributed by atoms with Crippen LogP contribution in [0.1, 0.15) is 58.3 Å². The monoisotopic (exact) mass is 274 g/mol. The zero-order valence-electron chi connectivity index (χ0n) is 12.1. The van der Waals surface area contributed by atoms with Crippen molar-refractivity contribution in [3.05, 3.63) is 0 Å². The summed E-state index contributed by atoms with van der Waals surface area (Å²) in [6.07, 6.45) is 7.77. The normalized spacial score (nSPS) is 26.5. The molecule has 2 aliphatic rings. The van der Waals surface area contributed by atoms with Crippen molar-refractivity contribution >= 4 is 0 Å². The summed E-state index contributed by atoms with van der Waals surface area (Å²) < 4.78 is 25.3. The van der Waals surface area contributed by atoms with Gasteiger partial charge in [-0.15, -0.1) is 0 Å². The zero-order valence-corrected chi connectivity index (χ0v) is 12.1. The lowest BCUT2D eigenvalue weighted by Gasteiger charge is -2.49. The Balaban J connectivity index is 1.97. The molecule has 1 heterocycles. The van der Waals surface area contributed by atoms with E-state index in [2.05, 4.69) is 10.2 Å². The maximum atomic E-state index is 12.7. The molecule has 0 bridgehead atoms. The second-order valence-electron chi connectivity index (χ2n) is 6.34. The number of hydrogen-bond donors (Lipinski definition) is 1. The standard InChI is InChI=1S/C15H28F2N2/c1-13(14(16)17)18-12-15(8-4-2-5-9-15)19-10-6-3-7-11-19/h13-14,18H,2-12H2,1H3. The quantitative estimate of drug-likeness (QED) is 0.826. The van der Waals surface area contributed by atoms with Gasteiger partial charge in [-0.05, 0) is 45.7 Å². The number of rotatable bonds is 5. The molecule has 1 saturated heterocycles. The highest BCUT2D eigenvalue weighted by atomic mass is 19.3. The zero-order chi connectivity index (χ0) is 13.7. The highest BCUT2D eigenvalue weighted by Gasteiger charge is 2.38. The van der Waals surface area contributed by atoms with E-state index in [1.54, 1.807) is 6.92 Å². The van der Waals surface area contributed by atoms with Crippen LogP contribution in [0, 0.1) is 0 Å². The van der Waals surface area contributed by atoms with Crippen molar-refractivity contribution in [1.82, 2.24) is 10.2 Å². The van der Waals surface area contributed by atoms with Crippen LogP contribution in [0.5, 0.6) is 0 Å². The molecule has 0 aromatic rings. The van der Waals surface area contributed by atoms with E-state index in [1.165, 1.54) is 51.4 Å². The lowest BCUT2D eigenvalue weighted by atomic mass is 9.79. The second kappa shape index (κ2) is 6.98. The van der Waals surface area contributed by atoms with E-state index in [-0.39, 0.29) is 5.54 Å². The van der Waals surface area contributed by atoms with E-state index in [9.17, 15) is 8.78 Å². The summed E-state index contributed by atoms with van der Waals surface area (Å²) in [4.78, 5) is 2.60. The molecule has 0 aromatic carbocycles. The van der Waals surface area contributed by atoms with Crippen molar-refractivity contribution in [3.63, 3.8) is 0 Å². The van der Waals surface area contributed by atoms with Crippen LogP contribution in [0.2, 0.25) is 0 Å². The van der Waals surface area contributed by atoms with Gasteiger partial charge in [-0.2, -0.15) is 0 Å². The van der Waals surface area contributed by atoms with Gasteiger partial charge in [0.05, 0.1) is 6.04 Å². The van der Waals surface area contributed by atoms with E-state index >= 15 is 0 Å². The Morgan fingerprint density at radius 3 is 2.16 bits per heavy atom. The molecule has 0 aromatic heterocycles. The Kier molecular flexibility index (Phi) is 5.58. The fourth-order valence-corrected chi connectivity index (χ4v) is 3.62. The molecule has 0 radical (unpaired) electrons. The molecule has 0 amide bonds. The molecule has 1 aliphatic carbocycles. The summed E-state index contributed by atoms with van der Waals surface area (Å²) in [5, 5.41) is 3.10. The molecule has 1 aliphatic heterocycles. The fraction of sp³-hybridized carbons (Fsp3) is 1.00. The maximum absolute atomic E-state index is 12.7. The van der Waals surface area contributed by atoms with Crippen molar-refractivity contribution in [3.8, 4) is 0 Å². The first-order valence-corrected chi connectivity index (χ1v) is 7.91. The average molecular weight is 274 g/mol. The number of nitrogens with one attached hydrogen (secondary N) is 1. The van der Waals surface area contributed by atoms with Gasteiger partial charge in [0.2, 0.25) is 0 Å². The van der Waals surface area contributed by atoms with E-state index in [0.717, 1.165) is 19.6 Å². The first-order chi connectivity index (χ1) is 9.14. The van der Waals surface area contributed by atoms with Crippen LogP contribution in [0.4, 0.5) is 8.78 Å². The van der Waals surface area contributed by atoms with Gasteiger partial charge in [0.15, 0.2) is 0 Å². The van der Waals surface area contributed by atoms with Crippen LogP contribution < -0.4 is 5.32 Å². The third-order valence-corrected chi connectivity index (χ3v) is 4.94. The number of likely N-dealkylation sites (tertiary alicyclic amines) is 1. The lowest BCUT2D eigenvalue weighted by Crippen LogP contribution is -2.58. The summed E-state index contributed by atoms with van der Waals surface area (Å²) in [7, 11) is 0. The van der Waals surface area contributed by atoms with Gasteiger partial charge in [-0.1, -0.05) is 25.7 Å². The lowest BCUT2D eigenvalue weighted by molar-refractivity contribution is 0.0231. The molecule has 2 fully saturated rings. The predicted octanol–water partition coefficient (Wildman–Crippen LogP) is 3.42. The topological polar surface area (TPSA) is 15.3 Å². The minimum absolute atomic E-state index is 0.155. The van der Waals surface area contributed by atoms with Gasteiger partial charge in [0.25, 0.3) is 6.43 Å². The van der Waals surface area contributed by atoms with E-state index < -0.39 is 12.5 Å². The molecule has 4 heteroatoms. The van der Waals surface area contributed by atoms with E-state index in [1.807, 2.05) is 0 Å². The van der Waals surface area contributed by atoms with Crippen LogP contribution in [0.25, 0.3) is 0 Å². The average Bonchev–Trinajstić information content (AvgIpc) is 2.46. The maximum Gasteiger partial charge on any atom is 0.253 e. The van der Waals surface area contributed by atoms with Crippen LogP contribution in [0.15, 0.2) is 0 Å². The molecule has 112 valence electrons. The smallest absolute Gasteiger partial charge is 0.253 e. The van der Waals surface area contributed by atoms with E-state index in [4.69, 9.17) is 0 Å². The summed E-state index contributed by atoms with van der Waals surface area (Å²) in [5.74, 6) is 0. The third-order valence-electron chi connectivity index (χ3n) is 4.94. The molecule has 0 spiro atoms. The molecule has 1 atom stereocenters. The fourth-order valence-electron chi connectivity index (χ4n) is 3.62. The Bertz CT molecular complexity index is 259. The number of alkyl halides is 2. The number of piperidine rings is 1. The number of nitrogens with zero attached hydrogens (tertiary/aromatic N) is 1. The first-order valence-electron chi connectivity index (χ1n) is 7.91. The Labute approximate surface area is 115 Å². The van der Waals surface area contributed by atoms with Crippen molar-refractivity contribution in [2.75, 3.05) is 19.6 Å². The summed E-state index contributed by atoms with van der Waals surface area (Å²) in [6.45, 7) is 4.64. The summed E-state index contributed by atoms with van der Waals surface area (Å²) >= 11 is 0. The van der Waals surface area contributed by atoms with Gasteiger partial charge in [-0.3, -0.25) is 4.90 Å². The Hall–Kier alpha value is -0.220. The van der Waals surface area contributed by atoms with Crippen molar-refractivity contribution in [2.24, 2.45) is 0 Å². The number of hydrogen-bond acceptors (Lipinski definition) is 2. The van der Waals surface area contributed by atoms with Gasteiger partial charge in [-0.25, -0.2) is 8.78 Å². The SMILES string of the molecule is CC(NCC1(N2CCCCC2)CCCCC1)C(F)F. The summed E-state index contributed by atoms with van der Waals surface area (Å²) in [5.41, 5.74) is 0.155. The highest BCUT2D eigenvalue weighted by Crippen LogP contribution is 2.35. The first kappa shape index (κ1) is 15.2. The van der Waals surface area contributed by atoms with Crippen molar-refractivity contribution < 1.29 is 8.78 Å². The van der Waals surface area contributed by atoms with Crippen LogP contribution in [0.3, 0.4) is 0 Å². The Morgan fingerprint density at radius 1 is 1.00 bits per heavy atom. The molecular weight excluding hydrogens is 246 g/mol. The van der Waals surface area contributed by atoms with E-state index in [0.29, 0.717) is 0 Å². The Morgan fingerprint density at radius 2 is 1.58 bits per heavy atom. The predicted molar refractivity (Wildman–Crippen MR) is 74.7 cm³/mol. The minimum Gasteiger partial charge on any atom is -0.307 e. The van der Waals surface area contributed by atoms with Crippen LogP contribution >= 0.6 is 0 Å². The molecule has 1 unspecified atom stereocenters. The molecule has 1 N–H and O–H groups in total. The third kappa shape index (κ3) is 3.88. The minimum atomic E-state index is -2.26. The summed E-state index contributed by atoms with van der Waals surface area (Å²) in [6, 6.07) is -0.691. The highest BCUT2D eigenvalue weighted by molar-refractivity contribution is 4.96. The van der Waals surface area contributed by atoms with Crippen LogP contribution in [-0.2, 0) is 0 Å². The van der Waals surface area contributed by atoms with Crippen molar-refractivity contribution in [2.45, 2.75) is 76.3 Å². The molecule has 19 heavy (non-hydrogen) atoms. The van der Waals surface area contributed by atoms with Crippen molar-refractivity contribution in [1.29, 1.82) is 0 Å². The van der Waals surface area contributed by atoms with Gasteiger partial charge < -0.3 is 5.32 Å². The molecule has 2 rings (SSSR count). The van der Waals surface area contributed by atoms with Gasteiger partial charge in [0.1, 0.15) is 0 Å². The largest absolute Gasteiger partial charge is 0.307 e. The second-order valence-corrected chi connectivity index (χ2v) is 6.34. The molecular formula is C15H28F2N2.